The van der Waals surface area contributed by atoms with Gasteiger partial charge in [0.2, 0.25) is 0 Å². The number of rotatable bonds is 7. The molecule has 0 spiro atoms. The van der Waals surface area contributed by atoms with Gasteiger partial charge in [-0.1, -0.05) is 17.7 Å². The van der Waals surface area contributed by atoms with E-state index in [-0.39, 0.29) is 41.2 Å². The molecule has 3 aromatic rings. The summed E-state index contributed by atoms with van der Waals surface area (Å²) in [5.74, 6) is -0.550. The molecule has 0 radical (unpaired) electrons. The third kappa shape index (κ3) is 5.41. The lowest BCUT2D eigenvalue weighted by Gasteiger charge is -2.40. The number of hydrogen-bond donors (Lipinski definition) is 2. The van der Waals surface area contributed by atoms with Crippen molar-refractivity contribution in [2.75, 3.05) is 12.0 Å². The van der Waals surface area contributed by atoms with Crippen molar-refractivity contribution in [3.05, 3.63) is 87.6 Å². The minimum atomic E-state index is -0.748. The molecule has 0 aliphatic carbocycles. The summed E-state index contributed by atoms with van der Waals surface area (Å²) in [7, 11) is 1.59. The van der Waals surface area contributed by atoms with Crippen LogP contribution in [0.25, 0.3) is 0 Å². The predicted octanol–water partition coefficient (Wildman–Crippen LogP) is 5.19. The third-order valence-corrected chi connectivity index (χ3v) is 8.06. The quantitative estimate of drug-likeness (QED) is 0.393. The summed E-state index contributed by atoms with van der Waals surface area (Å²) < 4.78 is 33.0. The average Bonchev–Trinajstić information content (AvgIpc) is 3.20. The Morgan fingerprint density at radius 3 is 2.44 bits per heavy atom. The standard InChI is InChI=1S/C29H29ClF2N4O3/c1-16-21(4-3-5-25(16)39-2)29(38)35-18-12-19-7-8-20(13-18)36(19)26-11-6-17(14-33-26)28(37)34-15-22-23(31)9-10-24(32)27(22)30/h3-6,9-11,14,18-20H,7-8,12-13,15H2,1-2H3,(H,34,37)(H,35,38)/t18-,19+,20-. The van der Waals surface area contributed by atoms with Crippen LogP contribution in [0, 0.1) is 18.6 Å². The lowest BCUT2D eigenvalue weighted by Crippen LogP contribution is -2.50. The number of nitrogens with one attached hydrogen (secondary N) is 2. The maximum atomic E-state index is 14.0. The molecule has 1 aromatic heterocycles. The van der Waals surface area contributed by atoms with Crippen molar-refractivity contribution in [2.24, 2.45) is 0 Å². The topological polar surface area (TPSA) is 83.6 Å². The molecule has 5 rings (SSSR count). The molecule has 0 saturated carbocycles. The van der Waals surface area contributed by atoms with Crippen LogP contribution in [0.1, 0.15) is 57.5 Å². The zero-order valence-corrected chi connectivity index (χ0v) is 22.4. The monoisotopic (exact) mass is 554 g/mol. The number of carbonyl (C=O) groups is 2. The fourth-order valence-corrected chi connectivity index (χ4v) is 5.91. The molecule has 2 aliphatic heterocycles. The number of methoxy groups -OCH3 is 1. The van der Waals surface area contributed by atoms with Crippen molar-refractivity contribution in [3.8, 4) is 5.75 Å². The third-order valence-electron chi connectivity index (χ3n) is 7.66. The Morgan fingerprint density at radius 2 is 1.77 bits per heavy atom. The van der Waals surface area contributed by atoms with Crippen molar-refractivity contribution in [1.29, 1.82) is 0 Å². The lowest BCUT2D eigenvalue weighted by molar-refractivity contribution is 0.0923. The Morgan fingerprint density at radius 1 is 1.05 bits per heavy atom. The molecule has 3 atom stereocenters. The van der Waals surface area contributed by atoms with Gasteiger partial charge >= 0.3 is 0 Å². The zero-order valence-electron chi connectivity index (χ0n) is 21.6. The SMILES string of the molecule is COc1cccc(C(=O)N[C@H]2C[C@H]3CC[C@@H](C2)N3c2ccc(C(=O)NCc3c(F)ccc(F)c3Cl)cn2)c1C. The minimum absolute atomic E-state index is 0.0527. The summed E-state index contributed by atoms with van der Waals surface area (Å²) in [6.07, 6.45) is 5.08. The van der Waals surface area contributed by atoms with Gasteiger partial charge < -0.3 is 20.3 Å². The van der Waals surface area contributed by atoms with Gasteiger partial charge in [-0.2, -0.15) is 0 Å². The summed E-state index contributed by atoms with van der Waals surface area (Å²) in [6, 6.07) is 11.4. The molecule has 2 aliphatic rings. The van der Waals surface area contributed by atoms with E-state index in [1.807, 2.05) is 25.1 Å². The Labute approximate surface area is 230 Å². The molecule has 7 nitrogen and oxygen atoms in total. The highest BCUT2D eigenvalue weighted by molar-refractivity contribution is 6.31. The summed E-state index contributed by atoms with van der Waals surface area (Å²) in [6.45, 7) is 1.63. The van der Waals surface area contributed by atoms with Crippen molar-refractivity contribution in [2.45, 2.75) is 57.3 Å². The van der Waals surface area contributed by atoms with Crippen LogP contribution in [0.3, 0.4) is 0 Å². The summed E-state index contributed by atoms with van der Waals surface area (Å²) in [5, 5.41) is 5.43. The van der Waals surface area contributed by atoms with Gasteiger partial charge in [0.05, 0.1) is 17.7 Å². The molecular formula is C29H29ClF2N4O3. The first-order valence-electron chi connectivity index (χ1n) is 12.9. The number of nitrogens with zero attached hydrogens (tertiary/aromatic N) is 2. The second-order valence-corrected chi connectivity index (χ2v) is 10.4. The van der Waals surface area contributed by atoms with Gasteiger partial charge in [-0.3, -0.25) is 9.59 Å². The Kier molecular flexibility index (Phi) is 7.70. The Balaban J connectivity index is 1.21. The lowest BCUT2D eigenvalue weighted by atomic mass is 9.96. The number of aromatic nitrogens is 1. The number of amides is 2. The first-order chi connectivity index (χ1) is 18.8. The highest BCUT2D eigenvalue weighted by Gasteiger charge is 2.42. The smallest absolute Gasteiger partial charge is 0.253 e. The van der Waals surface area contributed by atoms with E-state index in [0.29, 0.717) is 16.9 Å². The summed E-state index contributed by atoms with van der Waals surface area (Å²) in [5.41, 5.74) is 1.62. The molecular weight excluding hydrogens is 526 g/mol. The molecule has 2 N–H and O–H groups in total. The van der Waals surface area contributed by atoms with E-state index in [9.17, 15) is 18.4 Å². The molecule has 0 unspecified atom stereocenters. The van der Waals surface area contributed by atoms with Crippen LogP contribution in [-0.2, 0) is 6.54 Å². The van der Waals surface area contributed by atoms with Crippen LogP contribution in [0.4, 0.5) is 14.6 Å². The Hall–Kier alpha value is -3.72. The number of benzene rings is 2. The van der Waals surface area contributed by atoms with Crippen molar-refractivity contribution in [1.82, 2.24) is 15.6 Å². The van der Waals surface area contributed by atoms with Crippen LogP contribution < -0.4 is 20.3 Å². The van der Waals surface area contributed by atoms with Crippen LogP contribution >= 0.6 is 11.6 Å². The van der Waals surface area contributed by atoms with Crippen molar-refractivity contribution < 1.29 is 23.1 Å². The van der Waals surface area contributed by atoms with E-state index in [0.717, 1.165) is 49.2 Å². The number of pyridine rings is 1. The summed E-state index contributed by atoms with van der Waals surface area (Å²) >= 11 is 5.84. The largest absolute Gasteiger partial charge is 0.496 e. The van der Waals surface area contributed by atoms with Crippen molar-refractivity contribution >= 4 is 29.2 Å². The molecule has 39 heavy (non-hydrogen) atoms. The second-order valence-electron chi connectivity index (χ2n) is 9.98. The average molecular weight is 555 g/mol. The number of hydrogen-bond acceptors (Lipinski definition) is 5. The Bertz CT molecular complexity index is 1390. The number of anilines is 1. The summed E-state index contributed by atoms with van der Waals surface area (Å²) in [4.78, 5) is 32.4. The number of ether oxygens (including phenoxy) is 1. The van der Waals surface area contributed by atoms with Gasteiger partial charge in [0, 0.05) is 47.6 Å². The van der Waals surface area contributed by atoms with E-state index < -0.39 is 17.5 Å². The maximum Gasteiger partial charge on any atom is 0.253 e. The van der Waals surface area contributed by atoms with E-state index in [1.165, 1.54) is 6.20 Å². The van der Waals surface area contributed by atoms with Crippen molar-refractivity contribution in [3.63, 3.8) is 0 Å². The zero-order chi connectivity index (χ0) is 27.7. The van der Waals surface area contributed by atoms with E-state index in [2.05, 4.69) is 20.5 Å². The predicted molar refractivity (Wildman–Crippen MR) is 144 cm³/mol. The maximum absolute atomic E-state index is 14.0. The number of fused-ring (bicyclic) bond motifs is 2. The van der Waals surface area contributed by atoms with E-state index in [1.54, 1.807) is 19.2 Å². The molecule has 10 heteroatoms. The molecule has 2 aromatic carbocycles. The van der Waals surface area contributed by atoms with Gasteiger partial charge in [0.15, 0.2) is 0 Å². The molecule has 2 fully saturated rings. The van der Waals surface area contributed by atoms with Crippen LogP contribution in [0.15, 0.2) is 48.7 Å². The number of piperidine rings is 1. The van der Waals surface area contributed by atoms with Gasteiger partial charge in [0.1, 0.15) is 23.2 Å². The van der Waals surface area contributed by atoms with Gasteiger partial charge in [-0.25, -0.2) is 13.8 Å². The fraction of sp³-hybridized carbons (Fsp3) is 0.345. The number of halogens is 3. The first-order valence-corrected chi connectivity index (χ1v) is 13.2. The van der Waals surface area contributed by atoms with E-state index >= 15 is 0 Å². The molecule has 2 amide bonds. The van der Waals surface area contributed by atoms with Crippen LogP contribution in [0.2, 0.25) is 5.02 Å². The highest BCUT2D eigenvalue weighted by atomic mass is 35.5. The normalized spacial score (nSPS) is 20.0. The molecule has 3 heterocycles. The van der Waals surface area contributed by atoms with Gasteiger partial charge in [-0.05, 0) is 69.0 Å². The van der Waals surface area contributed by atoms with Gasteiger partial charge in [-0.15, -0.1) is 0 Å². The van der Waals surface area contributed by atoms with Crippen LogP contribution in [0.5, 0.6) is 5.75 Å². The highest BCUT2D eigenvalue weighted by Crippen LogP contribution is 2.38. The second kappa shape index (κ2) is 11.2. The number of carbonyl (C=O) groups excluding carboxylic acids is 2. The molecule has 2 saturated heterocycles. The first kappa shape index (κ1) is 26.9. The minimum Gasteiger partial charge on any atom is -0.496 e. The molecule has 2 bridgehead atoms. The molecule has 204 valence electrons. The van der Waals surface area contributed by atoms with E-state index in [4.69, 9.17) is 16.3 Å². The fourth-order valence-electron chi connectivity index (χ4n) is 5.69. The van der Waals surface area contributed by atoms with Gasteiger partial charge in [0.25, 0.3) is 11.8 Å². The van der Waals surface area contributed by atoms with Crippen LogP contribution in [-0.4, -0.2) is 42.0 Å².